The molecule has 0 aliphatic carbocycles. The molecule has 2 aromatic rings. The lowest BCUT2D eigenvalue weighted by Gasteiger charge is -2.34. The Bertz CT molecular complexity index is 837. The fourth-order valence-corrected chi connectivity index (χ4v) is 2.92. The van der Waals surface area contributed by atoms with Crippen LogP contribution >= 0.6 is 0 Å². The minimum atomic E-state index is -0.436. The van der Waals surface area contributed by atoms with Gasteiger partial charge in [0.2, 0.25) is 5.95 Å². The average Bonchev–Trinajstić information content (AvgIpc) is 2.74. The van der Waals surface area contributed by atoms with Crippen molar-refractivity contribution >= 4 is 29.5 Å². The van der Waals surface area contributed by atoms with Crippen LogP contribution in [0, 0.1) is 0 Å². The number of nitrogens with zero attached hydrogens (tertiary/aromatic N) is 4. The summed E-state index contributed by atoms with van der Waals surface area (Å²) in [5.41, 5.74) is 0.973. The molecule has 9 nitrogen and oxygen atoms in total. The van der Waals surface area contributed by atoms with Crippen molar-refractivity contribution in [2.75, 3.05) is 50.1 Å². The van der Waals surface area contributed by atoms with Crippen molar-refractivity contribution < 1.29 is 19.1 Å². The minimum Gasteiger partial charge on any atom is -0.465 e. The Hall–Kier alpha value is -3.36. The molecule has 1 aliphatic heterocycles. The van der Waals surface area contributed by atoms with Crippen LogP contribution in [0.15, 0.2) is 36.5 Å². The van der Waals surface area contributed by atoms with Gasteiger partial charge in [0.1, 0.15) is 5.82 Å². The second kappa shape index (κ2) is 9.03. The number of hydrogen-bond acceptors (Lipinski definition) is 8. The van der Waals surface area contributed by atoms with Crippen LogP contribution in [0.3, 0.4) is 0 Å². The fraction of sp³-hybridized carbons (Fsp3) is 0.368. The summed E-state index contributed by atoms with van der Waals surface area (Å²) in [6, 6.07) is 8.83. The zero-order valence-electron chi connectivity index (χ0n) is 15.9. The van der Waals surface area contributed by atoms with Gasteiger partial charge < -0.3 is 24.6 Å². The normalized spacial score (nSPS) is 13.8. The molecule has 1 aromatic carbocycles. The van der Waals surface area contributed by atoms with Gasteiger partial charge in [0.15, 0.2) is 0 Å². The van der Waals surface area contributed by atoms with Gasteiger partial charge in [-0.1, -0.05) is 12.1 Å². The molecule has 0 radical (unpaired) electrons. The van der Waals surface area contributed by atoms with Crippen molar-refractivity contribution in [2.45, 2.75) is 6.92 Å². The molecule has 0 unspecified atom stereocenters. The Morgan fingerprint density at radius 1 is 1.14 bits per heavy atom. The van der Waals surface area contributed by atoms with Crippen LogP contribution < -0.4 is 10.2 Å². The van der Waals surface area contributed by atoms with Crippen LogP contribution in [0.2, 0.25) is 0 Å². The molecule has 3 rings (SSSR count). The number of hydrogen-bond donors (Lipinski definition) is 1. The van der Waals surface area contributed by atoms with E-state index in [1.807, 2.05) is 12.1 Å². The molecular formula is C19H23N5O4. The highest BCUT2D eigenvalue weighted by Gasteiger charge is 2.23. The molecule has 0 atom stereocenters. The summed E-state index contributed by atoms with van der Waals surface area (Å²) in [5.74, 6) is 0.688. The number of aromatic nitrogens is 2. The van der Waals surface area contributed by atoms with Crippen molar-refractivity contribution in [3.63, 3.8) is 0 Å². The predicted molar refractivity (Wildman–Crippen MR) is 104 cm³/mol. The summed E-state index contributed by atoms with van der Waals surface area (Å²) in [5, 5.41) is 3.08. The van der Waals surface area contributed by atoms with Gasteiger partial charge in [-0.05, 0) is 25.1 Å². The highest BCUT2D eigenvalue weighted by molar-refractivity contribution is 5.96. The minimum absolute atomic E-state index is 0.286. The third-order valence-electron chi connectivity index (χ3n) is 4.35. The van der Waals surface area contributed by atoms with E-state index in [0.29, 0.717) is 50.0 Å². The molecule has 148 valence electrons. The van der Waals surface area contributed by atoms with E-state index >= 15 is 0 Å². The number of para-hydroxylation sites is 1. The first-order valence-electron chi connectivity index (χ1n) is 9.06. The highest BCUT2D eigenvalue weighted by atomic mass is 16.6. The molecule has 0 spiro atoms. The van der Waals surface area contributed by atoms with Crippen LogP contribution in [-0.2, 0) is 9.47 Å². The number of methoxy groups -OCH3 is 1. The van der Waals surface area contributed by atoms with Crippen LogP contribution in [0.4, 0.5) is 22.2 Å². The molecule has 1 N–H and O–H groups in total. The van der Waals surface area contributed by atoms with Gasteiger partial charge in [0.05, 0.1) is 25.0 Å². The summed E-state index contributed by atoms with van der Waals surface area (Å²) in [7, 11) is 1.34. The lowest BCUT2D eigenvalue weighted by atomic mass is 10.2. The molecule has 28 heavy (non-hydrogen) atoms. The van der Waals surface area contributed by atoms with Crippen molar-refractivity contribution in [3.05, 3.63) is 42.1 Å². The molecule has 1 amide bonds. The van der Waals surface area contributed by atoms with Crippen LogP contribution in [0.5, 0.6) is 0 Å². The second-order valence-corrected chi connectivity index (χ2v) is 6.07. The monoisotopic (exact) mass is 385 g/mol. The summed E-state index contributed by atoms with van der Waals surface area (Å²) in [6.07, 6.45) is 1.37. The van der Waals surface area contributed by atoms with Gasteiger partial charge in [-0.2, -0.15) is 4.98 Å². The maximum atomic E-state index is 11.9. The smallest absolute Gasteiger partial charge is 0.409 e. The van der Waals surface area contributed by atoms with Crippen LogP contribution in [0.1, 0.15) is 17.3 Å². The largest absolute Gasteiger partial charge is 0.465 e. The van der Waals surface area contributed by atoms with Gasteiger partial charge in [-0.25, -0.2) is 14.6 Å². The fourth-order valence-electron chi connectivity index (χ4n) is 2.92. The molecular weight excluding hydrogens is 362 g/mol. The van der Waals surface area contributed by atoms with Crippen molar-refractivity contribution in [1.29, 1.82) is 0 Å². The maximum Gasteiger partial charge on any atom is 0.409 e. The molecule has 1 saturated heterocycles. The van der Waals surface area contributed by atoms with E-state index in [-0.39, 0.29) is 6.09 Å². The molecule has 1 aliphatic rings. The van der Waals surface area contributed by atoms with E-state index < -0.39 is 5.97 Å². The number of piperazine rings is 1. The maximum absolute atomic E-state index is 11.9. The van der Waals surface area contributed by atoms with Crippen molar-refractivity contribution in [2.24, 2.45) is 0 Å². The Labute approximate surface area is 163 Å². The topological polar surface area (TPSA) is 96.9 Å². The van der Waals surface area contributed by atoms with E-state index in [2.05, 4.69) is 20.2 Å². The third kappa shape index (κ3) is 4.48. The molecule has 2 heterocycles. The number of nitrogens with one attached hydrogen (secondary N) is 1. The van der Waals surface area contributed by atoms with E-state index in [1.54, 1.807) is 36.2 Å². The van der Waals surface area contributed by atoms with Crippen molar-refractivity contribution in [1.82, 2.24) is 14.9 Å². The van der Waals surface area contributed by atoms with Gasteiger partial charge in [0.25, 0.3) is 0 Å². The summed E-state index contributed by atoms with van der Waals surface area (Å²) < 4.78 is 9.85. The average molecular weight is 385 g/mol. The highest BCUT2D eigenvalue weighted by Crippen LogP contribution is 2.21. The quantitative estimate of drug-likeness (QED) is 0.783. The van der Waals surface area contributed by atoms with Crippen LogP contribution in [-0.4, -0.2) is 66.8 Å². The second-order valence-electron chi connectivity index (χ2n) is 6.07. The first-order valence-corrected chi connectivity index (χ1v) is 9.06. The van der Waals surface area contributed by atoms with E-state index in [0.717, 1.165) is 5.82 Å². The molecule has 0 bridgehead atoms. The Kier molecular flexibility index (Phi) is 6.25. The van der Waals surface area contributed by atoms with Gasteiger partial charge in [-0.3, -0.25) is 0 Å². The number of rotatable bonds is 5. The Morgan fingerprint density at radius 2 is 1.89 bits per heavy atom. The number of benzene rings is 1. The van der Waals surface area contributed by atoms with Crippen molar-refractivity contribution in [3.8, 4) is 0 Å². The zero-order chi connectivity index (χ0) is 19.9. The summed E-state index contributed by atoms with van der Waals surface area (Å²) in [6.45, 7) is 4.59. The number of esters is 1. The Morgan fingerprint density at radius 3 is 2.61 bits per heavy atom. The third-order valence-corrected chi connectivity index (χ3v) is 4.35. The first-order chi connectivity index (χ1) is 13.6. The zero-order valence-corrected chi connectivity index (χ0v) is 15.9. The predicted octanol–water partition coefficient (Wildman–Crippen LogP) is 2.29. The van der Waals surface area contributed by atoms with Gasteiger partial charge in [0, 0.05) is 32.4 Å². The number of amides is 1. The summed E-state index contributed by atoms with van der Waals surface area (Å²) in [4.78, 5) is 36.3. The number of ether oxygens (including phenoxy) is 2. The summed E-state index contributed by atoms with van der Waals surface area (Å²) >= 11 is 0. The molecule has 1 fully saturated rings. The number of carbonyl (C=O) groups excluding carboxylic acids is 2. The molecule has 9 heteroatoms. The van der Waals surface area contributed by atoms with E-state index in [9.17, 15) is 9.59 Å². The van der Waals surface area contributed by atoms with Gasteiger partial charge >= 0.3 is 12.1 Å². The SMILES string of the molecule is CCOC(=O)N1CCN(c2ccnc(Nc3ccccc3C(=O)OC)n2)CC1. The lowest BCUT2D eigenvalue weighted by molar-refractivity contribution is 0.0601. The van der Waals surface area contributed by atoms with E-state index in [4.69, 9.17) is 9.47 Å². The van der Waals surface area contributed by atoms with Crippen LogP contribution in [0.25, 0.3) is 0 Å². The number of anilines is 3. The standard InChI is InChI=1S/C19H23N5O4/c1-3-28-19(26)24-12-10-23(11-13-24)16-8-9-20-18(22-16)21-15-7-5-4-6-14(15)17(25)27-2/h4-9H,3,10-13H2,1-2H3,(H,20,21,22). The Balaban J connectivity index is 1.69. The first kappa shape index (κ1) is 19.4. The van der Waals surface area contributed by atoms with E-state index in [1.165, 1.54) is 7.11 Å². The van der Waals surface area contributed by atoms with Gasteiger partial charge in [-0.15, -0.1) is 0 Å². The molecule has 0 saturated carbocycles. The number of carbonyl (C=O) groups is 2. The molecule has 1 aromatic heterocycles. The lowest BCUT2D eigenvalue weighted by Crippen LogP contribution is -2.49.